The van der Waals surface area contributed by atoms with Crippen molar-refractivity contribution in [1.82, 2.24) is 4.98 Å². The van der Waals surface area contributed by atoms with Crippen molar-refractivity contribution in [2.75, 3.05) is 18.6 Å². The Hall–Kier alpha value is -3.42. The second kappa shape index (κ2) is 8.75. The lowest BCUT2D eigenvalue weighted by atomic mass is 10.0. The number of aryl methyl sites for hydroxylation is 1. The van der Waals surface area contributed by atoms with Crippen LogP contribution in [0, 0.1) is 19.8 Å². The van der Waals surface area contributed by atoms with Crippen LogP contribution in [0.3, 0.4) is 0 Å². The predicted molar refractivity (Wildman–Crippen MR) is 114 cm³/mol. The Kier molecular flexibility index (Phi) is 6.29. The van der Waals surface area contributed by atoms with Crippen LogP contribution in [0.5, 0.6) is 5.75 Å². The van der Waals surface area contributed by atoms with Gasteiger partial charge in [0.2, 0.25) is 11.7 Å². The van der Waals surface area contributed by atoms with E-state index in [1.165, 1.54) is 25.9 Å². The second-order valence-electron chi connectivity index (χ2n) is 7.70. The smallest absolute Gasteiger partial charge is 0.312 e. The standard InChI is InChI=1S/C23H26N2O6/c1-12-20(14(3)26)13(2)24-21(12)22(28)15(4)31-23(29)16-10-19(27)25(11-16)17-8-6-7-9-18(17)30-5/h6-9,15-16,24H,10-11H2,1-5H3/t15-,16-/m0/s1. The number of ether oxygens (including phenoxy) is 2. The molecule has 1 aromatic heterocycles. The van der Waals surface area contributed by atoms with Gasteiger partial charge < -0.3 is 19.4 Å². The van der Waals surface area contributed by atoms with E-state index in [4.69, 9.17) is 9.47 Å². The number of ketones is 2. The number of esters is 1. The molecule has 31 heavy (non-hydrogen) atoms. The molecule has 0 spiro atoms. The van der Waals surface area contributed by atoms with E-state index in [9.17, 15) is 19.2 Å². The fourth-order valence-electron chi connectivity index (χ4n) is 4.00. The van der Waals surface area contributed by atoms with Crippen LogP contribution < -0.4 is 9.64 Å². The number of aromatic nitrogens is 1. The summed E-state index contributed by atoms with van der Waals surface area (Å²) in [7, 11) is 1.51. The minimum atomic E-state index is -1.06. The highest BCUT2D eigenvalue weighted by atomic mass is 16.5. The number of Topliss-reactive ketones (excluding diaryl/α,β-unsaturated/α-hetero) is 2. The molecule has 1 aliphatic heterocycles. The van der Waals surface area contributed by atoms with E-state index in [1.807, 2.05) is 0 Å². The molecule has 2 atom stereocenters. The van der Waals surface area contributed by atoms with Crippen molar-refractivity contribution < 1.29 is 28.7 Å². The number of benzene rings is 1. The molecule has 3 rings (SSSR count). The summed E-state index contributed by atoms with van der Waals surface area (Å²) in [5.74, 6) is -1.55. The first-order chi connectivity index (χ1) is 14.6. The summed E-state index contributed by atoms with van der Waals surface area (Å²) in [6.45, 7) is 6.47. The summed E-state index contributed by atoms with van der Waals surface area (Å²) >= 11 is 0. The quantitative estimate of drug-likeness (QED) is 0.539. The van der Waals surface area contributed by atoms with Crippen molar-refractivity contribution in [3.63, 3.8) is 0 Å². The third-order valence-corrected chi connectivity index (χ3v) is 5.53. The van der Waals surface area contributed by atoms with Gasteiger partial charge in [0, 0.05) is 24.2 Å². The van der Waals surface area contributed by atoms with Crippen LogP contribution in [0.1, 0.15) is 52.4 Å². The highest BCUT2D eigenvalue weighted by molar-refractivity contribution is 6.05. The average molecular weight is 426 g/mol. The van der Waals surface area contributed by atoms with E-state index in [-0.39, 0.29) is 30.3 Å². The molecule has 0 unspecified atom stereocenters. The van der Waals surface area contributed by atoms with E-state index in [0.717, 1.165) is 0 Å². The number of nitrogens with zero attached hydrogens (tertiary/aromatic N) is 1. The third kappa shape index (κ3) is 4.23. The van der Waals surface area contributed by atoms with Crippen molar-refractivity contribution >= 4 is 29.1 Å². The number of rotatable bonds is 7. The number of aromatic amines is 1. The molecule has 2 aromatic rings. The Morgan fingerprint density at radius 3 is 2.48 bits per heavy atom. The summed E-state index contributed by atoms with van der Waals surface area (Å²) < 4.78 is 10.7. The molecule has 1 amide bonds. The minimum absolute atomic E-state index is 0.00703. The number of nitrogens with one attached hydrogen (secondary N) is 1. The molecule has 1 N–H and O–H groups in total. The van der Waals surface area contributed by atoms with Gasteiger partial charge in [0.25, 0.3) is 0 Å². The van der Waals surface area contributed by atoms with Gasteiger partial charge in [0.1, 0.15) is 5.75 Å². The fraction of sp³-hybridized carbons (Fsp3) is 0.391. The maximum absolute atomic E-state index is 12.8. The van der Waals surface area contributed by atoms with Gasteiger partial charge in [-0.1, -0.05) is 12.1 Å². The fourth-order valence-corrected chi connectivity index (χ4v) is 4.00. The summed E-state index contributed by atoms with van der Waals surface area (Å²) in [6, 6.07) is 7.07. The molecular formula is C23H26N2O6. The topological polar surface area (TPSA) is 106 Å². The highest BCUT2D eigenvalue weighted by Crippen LogP contribution is 2.33. The van der Waals surface area contributed by atoms with Gasteiger partial charge in [-0.2, -0.15) is 0 Å². The van der Waals surface area contributed by atoms with Gasteiger partial charge in [-0.15, -0.1) is 0 Å². The number of methoxy groups -OCH3 is 1. The maximum atomic E-state index is 12.8. The number of hydrogen-bond donors (Lipinski definition) is 1. The monoisotopic (exact) mass is 426 g/mol. The zero-order valence-corrected chi connectivity index (χ0v) is 18.3. The molecule has 1 aromatic carbocycles. The van der Waals surface area contributed by atoms with Gasteiger partial charge in [0.15, 0.2) is 11.9 Å². The summed E-state index contributed by atoms with van der Waals surface area (Å²) in [5.41, 5.74) is 2.44. The molecule has 0 saturated carbocycles. The van der Waals surface area contributed by atoms with Gasteiger partial charge in [-0.05, 0) is 45.4 Å². The lowest BCUT2D eigenvalue weighted by Gasteiger charge is -2.19. The van der Waals surface area contributed by atoms with Crippen molar-refractivity contribution in [3.8, 4) is 5.75 Å². The van der Waals surface area contributed by atoms with Gasteiger partial charge in [0.05, 0.1) is 24.4 Å². The molecule has 0 radical (unpaired) electrons. The van der Waals surface area contributed by atoms with Gasteiger partial charge in [-0.25, -0.2) is 0 Å². The summed E-state index contributed by atoms with van der Waals surface area (Å²) in [5, 5.41) is 0. The largest absolute Gasteiger partial charge is 0.495 e. The van der Waals surface area contributed by atoms with Crippen LogP contribution in [0.25, 0.3) is 0 Å². The maximum Gasteiger partial charge on any atom is 0.312 e. The van der Waals surface area contributed by atoms with Crippen molar-refractivity contribution in [3.05, 3.63) is 46.8 Å². The van der Waals surface area contributed by atoms with Gasteiger partial charge >= 0.3 is 5.97 Å². The van der Waals surface area contributed by atoms with Crippen LogP contribution in [-0.4, -0.2) is 48.2 Å². The molecule has 0 bridgehead atoms. The van der Waals surface area contributed by atoms with Crippen molar-refractivity contribution in [2.45, 2.75) is 40.2 Å². The second-order valence-corrected chi connectivity index (χ2v) is 7.70. The van der Waals surface area contributed by atoms with Crippen molar-refractivity contribution in [1.29, 1.82) is 0 Å². The number of H-pyrrole nitrogens is 1. The predicted octanol–water partition coefficient (Wildman–Crippen LogP) is 3.01. The van der Waals surface area contributed by atoms with Crippen LogP contribution >= 0.6 is 0 Å². The Morgan fingerprint density at radius 1 is 1.19 bits per heavy atom. The van der Waals surface area contributed by atoms with Crippen LogP contribution in [0.15, 0.2) is 24.3 Å². The lowest BCUT2D eigenvalue weighted by Crippen LogP contribution is -2.31. The first-order valence-corrected chi connectivity index (χ1v) is 10.0. The molecule has 1 aliphatic rings. The molecule has 8 heteroatoms. The summed E-state index contributed by atoms with van der Waals surface area (Å²) in [4.78, 5) is 54.2. The van der Waals surface area contributed by atoms with Crippen LogP contribution in [0.4, 0.5) is 5.69 Å². The van der Waals surface area contributed by atoms with E-state index in [1.54, 1.807) is 38.1 Å². The van der Waals surface area contributed by atoms with Crippen LogP contribution in [-0.2, 0) is 14.3 Å². The zero-order valence-electron chi connectivity index (χ0n) is 18.3. The molecular weight excluding hydrogens is 400 g/mol. The SMILES string of the molecule is COc1ccccc1N1C[C@@H](C(=O)O[C@@H](C)C(=O)c2[nH]c(C)c(C(C)=O)c2C)CC1=O. The molecule has 0 aliphatic carbocycles. The van der Waals surface area contributed by atoms with Crippen LogP contribution in [0.2, 0.25) is 0 Å². The Morgan fingerprint density at radius 2 is 1.87 bits per heavy atom. The molecule has 1 saturated heterocycles. The normalized spacial score (nSPS) is 16.9. The number of anilines is 1. The first-order valence-electron chi connectivity index (χ1n) is 10.0. The summed E-state index contributed by atoms with van der Waals surface area (Å²) in [6.07, 6.45) is -1.06. The van der Waals surface area contributed by atoms with Crippen molar-refractivity contribution in [2.24, 2.45) is 5.92 Å². The number of para-hydroxylation sites is 2. The number of carbonyl (C=O) groups is 4. The van der Waals surface area contributed by atoms with E-state index >= 15 is 0 Å². The lowest BCUT2D eigenvalue weighted by molar-refractivity contribution is -0.151. The average Bonchev–Trinajstić information content (AvgIpc) is 3.26. The van der Waals surface area contributed by atoms with E-state index in [2.05, 4.69) is 4.98 Å². The third-order valence-electron chi connectivity index (χ3n) is 5.53. The molecule has 1 fully saturated rings. The molecule has 2 heterocycles. The zero-order chi connectivity index (χ0) is 22.9. The minimum Gasteiger partial charge on any atom is -0.495 e. The number of amides is 1. The van der Waals surface area contributed by atoms with E-state index < -0.39 is 23.8 Å². The van der Waals surface area contributed by atoms with E-state index in [0.29, 0.717) is 28.3 Å². The Bertz CT molecular complexity index is 1050. The Labute approximate surface area is 180 Å². The van der Waals surface area contributed by atoms with Gasteiger partial charge in [-0.3, -0.25) is 19.2 Å². The molecule has 8 nitrogen and oxygen atoms in total. The number of hydrogen-bond acceptors (Lipinski definition) is 6. The number of carbonyl (C=O) groups excluding carboxylic acids is 4. The molecule has 164 valence electrons. The highest BCUT2D eigenvalue weighted by Gasteiger charge is 2.38. The Balaban J connectivity index is 1.71. The first kappa shape index (κ1) is 22.3.